The second-order valence-corrected chi connectivity index (χ2v) is 7.36. The molecule has 128 valence electrons. The number of nitrogens with zero attached hydrogens (tertiary/aromatic N) is 2. The molecule has 1 aromatic carbocycles. The molecule has 0 unspecified atom stereocenters. The minimum Gasteiger partial charge on any atom is -0.356 e. The molecule has 0 saturated carbocycles. The topological polar surface area (TPSA) is 83.4 Å². The van der Waals surface area contributed by atoms with Crippen LogP contribution in [0.15, 0.2) is 58.5 Å². The molecule has 1 aromatic heterocycles. The Labute approximate surface area is 143 Å². The quantitative estimate of drug-likeness (QED) is 0.610. The molecule has 0 fully saturated rings. The Morgan fingerprint density at radius 2 is 1.88 bits per heavy atom. The highest BCUT2D eigenvalue weighted by molar-refractivity contribution is 7.90. The molecule has 0 amide bonds. The Kier molecular flexibility index (Phi) is 6.31. The number of pyridine rings is 1. The lowest BCUT2D eigenvalue weighted by atomic mass is 10.2. The van der Waals surface area contributed by atoms with Gasteiger partial charge in [0.25, 0.3) is 0 Å². The lowest BCUT2D eigenvalue weighted by Gasteiger charge is -2.12. The first kappa shape index (κ1) is 17.9. The van der Waals surface area contributed by atoms with Gasteiger partial charge in [-0.05, 0) is 29.8 Å². The van der Waals surface area contributed by atoms with Gasteiger partial charge >= 0.3 is 0 Å². The van der Waals surface area contributed by atoms with Crippen LogP contribution in [0.3, 0.4) is 0 Å². The molecular weight excluding hydrogens is 324 g/mol. The van der Waals surface area contributed by atoms with Crippen LogP contribution >= 0.6 is 0 Å². The third-order valence-electron chi connectivity index (χ3n) is 3.43. The molecule has 0 atom stereocenters. The molecule has 0 radical (unpaired) electrons. The van der Waals surface area contributed by atoms with Crippen LogP contribution < -0.4 is 10.6 Å². The predicted octanol–water partition coefficient (Wildman–Crippen LogP) is 1.39. The van der Waals surface area contributed by atoms with Crippen LogP contribution in [0.5, 0.6) is 0 Å². The molecule has 0 bridgehead atoms. The summed E-state index contributed by atoms with van der Waals surface area (Å²) in [5, 5.41) is 6.43. The summed E-state index contributed by atoms with van der Waals surface area (Å²) in [5.74, 6) is 0.693. The van der Waals surface area contributed by atoms with Gasteiger partial charge in [-0.3, -0.25) is 9.98 Å². The average molecular weight is 346 g/mol. The van der Waals surface area contributed by atoms with Crippen molar-refractivity contribution in [3.63, 3.8) is 0 Å². The van der Waals surface area contributed by atoms with E-state index in [-0.39, 0.29) is 0 Å². The van der Waals surface area contributed by atoms with Gasteiger partial charge < -0.3 is 10.6 Å². The summed E-state index contributed by atoms with van der Waals surface area (Å²) in [5.41, 5.74) is 2.01. The average Bonchev–Trinajstić information content (AvgIpc) is 2.58. The van der Waals surface area contributed by atoms with E-state index in [1.54, 1.807) is 37.5 Å². The van der Waals surface area contributed by atoms with Crippen molar-refractivity contribution in [2.75, 3.05) is 19.8 Å². The SMILES string of the molecule is CN=C(NCCc1ccccn1)NCc1ccc(S(C)(=O)=O)cc1. The van der Waals surface area contributed by atoms with Crippen LogP contribution in [0.2, 0.25) is 0 Å². The number of sulfone groups is 1. The van der Waals surface area contributed by atoms with Crippen molar-refractivity contribution >= 4 is 15.8 Å². The number of hydrogen-bond acceptors (Lipinski definition) is 4. The largest absolute Gasteiger partial charge is 0.356 e. The summed E-state index contributed by atoms with van der Waals surface area (Å²) in [6, 6.07) is 12.7. The van der Waals surface area contributed by atoms with E-state index in [1.165, 1.54) is 6.26 Å². The van der Waals surface area contributed by atoms with Crippen molar-refractivity contribution in [1.29, 1.82) is 0 Å². The number of benzene rings is 1. The van der Waals surface area contributed by atoms with E-state index in [2.05, 4.69) is 20.6 Å². The number of nitrogens with one attached hydrogen (secondary N) is 2. The summed E-state index contributed by atoms with van der Waals surface area (Å²) < 4.78 is 22.9. The summed E-state index contributed by atoms with van der Waals surface area (Å²) >= 11 is 0. The zero-order valence-electron chi connectivity index (χ0n) is 13.9. The highest BCUT2D eigenvalue weighted by Crippen LogP contribution is 2.10. The first-order valence-electron chi connectivity index (χ1n) is 7.62. The molecular formula is C17H22N4O2S. The normalized spacial score (nSPS) is 12.0. The maximum Gasteiger partial charge on any atom is 0.191 e. The second-order valence-electron chi connectivity index (χ2n) is 5.34. The number of guanidine groups is 1. The molecule has 24 heavy (non-hydrogen) atoms. The molecule has 7 heteroatoms. The predicted molar refractivity (Wildman–Crippen MR) is 95.7 cm³/mol. The third kappa shape index (κ3) is 5.66. The molecule has 1 heterocycles. The Morgan fingerprint density at radius 1 is 1.12 bits per heavy atom. The fourth-order valence-electron chi connectivity index (χ4n) is 2.12. The van der Waals surface area contributed by atoms with Crippen molar-refractivity contribution in [3.8, 4) is 0 Å². The fraction of sp³-hybridized carbons (Fsp3) is 0.294. The first-order valence-corrected chi connectivity index (χ1v) is 9.51. The molecule has 6 nitrogen and oxygen atoms in total. The highest BCUT2D eigenvalue weighted by Gasteiger charge is 2.06. The van der Waals surface area contributed by atoms with Gasteiger partial charge in [0, 0.05) is 44.7 Å². The minimum atomic E-state index is -3.16. The van der Waals surface area contributed by atoms with Crippen LogP contribution in [0.4, 0.5) is 0 Å². The second kappa shape index (κ2) is 8.44. The molecule has 2 rings (SSSR count). The van der Waals surface area contributed by atoms with Crippen LogP contribution in [0.1, 0.15) is 11.3 Å². The van der Waals surface area contributed by atoms with Gasteiger partial charge in [0.05, 0.1) is 4.90 Å². The molecule has 0 aliphatic carbocycles. The van der Waals surface area contributed by atoms with Crippen LogP contribution in [-0.2, 0) is 22.8 Å². The van der Waals surface area contributed by atoms with Gasteiger partial charge in [0.2, 0.25) is 0 Å². The van der Waals surface area contributed by atoms with E-state index in [9.17, 15) is 8.42 Å². The Balaban J connectivity index is 1.81. The van der Waals surface area contributed by atoms with Crippen LogP contribution in [0, 0.1) is 0 Å². The summed E-state index contributed by atoms with van der Waals surface area (Å²) in [6.45, 7) is 1.29. The van der Waals surface area contributed by atoms with E-state index in [1.807, 2.05) is 18.2 Å². The molecule has 0 spiro atoms. The maximum atomic E-state index is 11.4. The van der Waals surface area contributed by atoms with Gasteiger partial charge in [0.1, 0.15) is 0 Å². The van der Waals surface area contributed by atoms with Crippen LogP contribution in [-0.4, -0.2) is 39.2 Å². The van der Waals surface area contributed by atoms with Crippen molar-refractivity contribution in [2.45, 2.75) is 17.9 Å². The van der Waals surface area contributed by atoms with E-state index in [0.717, 1.165) is 24.2 Å². The number of aliphatic imine (C=N–C) groups is 1. The lowest BCUT2D eigenvalue weighted by molar-refractivity contribution is 0.602. The van der Waals surface area contributed by atoms with Crippen molar-refractivity contribution in [3.05, 3.63) is 59.9 Å². The maximum absolute atomic E-state index is 11.4. The van der Waals surface area contributed by atoms with Crippen LogP contribution in [0.25, 0.3) is 0 Å². The van der Waals surface area contributed by atoms with E-state index >= 15 is 0 Å². The van der Waals surface area contributed by atoms with Crippen molar-refractivity contribution in [1.82, 2.24) is 15.6 Å². The van der Waals surface area contributed by atoms with E-state index in [4.69, 9.17) is 0 Å². The standard InChI is InChI=1S/C17H22N4O2S/c1-18-17(20-12-10-15-5-3-4-11-19-15)21-13-14-6-8-16(9-7-14)24(2,22)23/h3-9,11H,10,12-13H2,1-2H3,(H2,18,20,21). The summed E-state index contributed by atoms with van der Waals surface area (Å²) in [4.78, 5) is 8.77. The van der Waals surface area contributed by atoms with Gasteiger partial charge in [-0.2, -0.15) is 0 Å². The molecule has 2 aromatic rings. The highest BCUT2D eigenvalue weighted by atomic mass is 32.2. The Morgan fingerprint density at radius 3 is 2.46 bits per heavy atom. The number of rotatable bonds is 6. The van der Waals surface area contributed by atoms with Crippen molar-refractivity contribution < 1.29 is 8.42 Å². The molecule has 0 saturated heterocycles. The fourth-order valence-corrected chi connectivity index (χ4v) is 2.75. The number of hydrogen-bond donors (Lipinski definition) is 2. The summed E-state index contributed by atoms with van der Waals surface area (Å²) in [7, 11) is -1.45. The van der Waals surface area contributed by atoms with E-state index < -0.39 is 9.84 Å². The smallest absolute Gasteiger partial charge is 0.191 e. The Hall–Kier alpha value is -2.41. The zero-order chi connectivity index (χ0) is 17.4. The number of aromatic nitrogens is 1. The molecule has 0 aliphatic heterocycles. The van der Waals surface area contributed by atoms with Gasteiger partial charge in [-0.15, -0.1) is 0 Å². The molecule has 0 aliphatic rings. The monoisotopic (exact) mass is 346 g/mol. The Bertz CT molecular complexity index is 772. The van der Waals surface area contributed by atoms with Gasteiger partial charge in [-0.1, -0.05) is 18.2 Å². The van der Waals surface area contributed by atoms with Gasteiger partial charge in [0.15, 0.2) is 15.8 Å². The lowest BCUT2D eigenvalue weighted by Crippen LogP contribution is -2.37. The third-order valence-corrected chi connectivity index (χ3v) is 4.56. The minimum absolute atomic E-state index is 0.323. The van der Waals surface area contributed by atoms with Crippen molar-refractivity contribution in [2.24, 2.45) is 4.99 Å². The van der Waals surface area contributed by atoms with E-state index in [0.29, 0.717) is 17.4 Å². The molecule has 2 N–H and O–H groups in total. The van der Waals surface area contributed by atoms with Gasteiger partial charge in [-0.25, -0.2) is 8.42 Å². The zero-order valence-corrected chi connectivity index (χ0v) is 14.7. The summed E-state index contributed by atoms with van der Waals surface area (Å²) in [6.07, 6.45) is 3.79. The first-order chi connectivity index (χ1) is 11.5.